The fraction of sp³-hybridized carbons (Fsp3) is 0.261. The summed E-state index contributed by atoms with van der Waals surface area (Å²) in [5.41, 5.74) is 1.83. The van der Waals surface area contributed by atoms with Crippen LogP contribution in [0, 0.1) is 12.7 Å². The second kappa shape index (κ2) is 9.31. The Kier molecular flexibility index (Phi) is 6.32. The Hall–Kier alpha value is -3.19. The number of rotatable bonds is 4. The van der Waals surface area contributed by atoms with Gasteiger partial charge in [0.2, 0.25) is 5.88 Å². The van der Waals surface area contributed by atoms with E-state index in [1.807, 2.05) is 36.1 Å². The first-order valence-corrected chi connectivity index (χ1v) is 10.4. The molecule has 1 aliphatic heterocycles. The van der Waals surface area contributed by atoms with Crippen molar-refractivity contribution >= 4 is 23.3 Å². The molecule has 1 saturated heterocycles. The van der Waals surface area contributed by atoms with Gasteiger partial charge in [0.15, 0.2) is 0 Å². The van der Waals surface area contributed by atoms with Crippen LogP contribution in [-0.2, 0) is 0 Å². The lowest BCUT2D eigenvalue weighted by molar-refractivity contribution is 0.0767. The summed E-state index contributed by atoms with van der Waals surface area (Å²) in [5, 5.41) is -0.0161. The molecule has 8 heteroatoms. The molecule has 0 unspecified atom stereocenters. The molecule has 0 saturated carbocycles. The highest BCUT2D eigenvalue weighted by atomic mass is 35.5. The van der Waals surface area contributed by atoms with E-state index in [1.165, 1.54) is 24.5 Å². The van der Waals surface area contributed by atoms with Gasteiger partial charge in [-0.05, 0) is 37.6 Å². The summed E-state index contributed by atoms with van der Waals surface area (Å²) < 4.78 is 19.1. The van der Waals surface area contributed by atoms with Gasteiger partial charge in [-0.25, -0.2) is 14.4 Å². The molecule has 0 atom stereocenters. The molecule has 1 amide bonds. The summed E-state index contributed by atoms with van der Waals surface area (Å²) in [4.78, 5) is 25.3. The molecule has 2 heterocycles. The van der Waals surface area contributed by atoms with Crippen LogP contribution < -0.4 is 9.64 Å². The number of aromatic nitrogens is 2. The van der Waals surface area contributed by atoms with Gasteiger partial charge in [-0.2, -0.15) is 0 Å². The maximum atomic E-state index is 13.3. The van der Waals surface area contributed by atoms with Gasteiger partial charge in [-0.15, -0.1) is 0 Å². The molecule has 0 N–H and O–H groups in total. The Balaban J connectivity index is 1.43. The van der Waals surface area contributed by atoms with Crippen molar-refractivity contribution in [2.24, 2.45) is 0 Å². The molecule has 0 aliphatic carbocycles. The minimum atomic E-state index is -0.508. The molecule has 1 aliphatic rings. The van der Waals surface area contributed by atoms with Crippen LogP contribution in [0.3, 0.4) is 0 Å². The van der Waals surface area contributed by atoms with Crippen LogP contribution in [0.5, 0.6) is 11.6 Å². The highest BCUT2D eigenvalue weighted by Gasteiger charge is 2.21. The van der Waals surface area contributed by atoms with Crippen molar-refractivity contribution in [1.82, 2.24) is 14.9 Å². The lowest BCUT2D eigenvalue weighted by Gasteiger charge is -2.23. The third kappa shape index (κ3) is 5.11. The Morgan fingerprint density at radius 2 is 1.84 bits per heavy atom. The Labute approximate surface area is 185 Å². The topological polar surface area (TPSA) is 58.6 Å². The van der Waals surface area contributed by atoms with E-state index in [2.05, 4.69) is 14.9 Å². The molecule has 3 aromatic rings. The number of hydrogen-bond acceptors (Lipinski definition) is 5. The van der Waals surface area contributed by atoms with Gasteiger partial charge in [0.1, 0.15) is 23.7 Å². The van der Waals surface area contributed by atoms with Crippen LogP contribution in [-0.4, -0.2) is 47.0 Å². The number of aryl methyl sites for hydroxylation is 1. The predicted molar refractivity (Wildman–Crippen MR) is 117 cm³/mol. The number of hydrogen-bond donors (Lipinski definition) is 0. The molecule has 1 aromatic heterocycles. The van der Waals surface area contributed by atoms with Crippen molar-refractivity contribution < 1.29 is 13.9 Å². The first-order valence-electron chi connectivity index (χ1n) is 10.1. The van der Waals surface area contributed by atoms with E-state index in [9.17, 15) is 9.18 Å². The molecule has 4 rings (SSSR count). The first kappa shape index (κ1) is 21.1. The molecule has 2 aromatic carbocycles. The molecule has 0 radical (unpaired) electrons. The molecule has 31 heavy (non-hydrogen) atoms. The summed E-state index contributed by atoms with van der Waals surface area (Å²) in [6, 6.07) is 13.5. The third-order valence-corrected chi connectivity index (χ3v) is 5.44. The summed E-state index contributed by atoms with van der Waals surface area (Å²) >= 11 is 5.81. The lowest BCUT2D eigenvalue weighted by atomic mass is 10.1. The molecular formula is C23H22ClFN4O2. The van der Waals surface area contributed by atoms with Crippen LogP contribution in [0.15, 0.2) is 54.9 Å². The molecule has 0 bridgehead atoms. The van der Waals surface area contributed by atoms with Crippen molar-refractivity contribution in [2.75, 3.05) is 31.1 Å². The fourth-order valence-electron chi connectivity index (χ4n) is 3.45. The van der Waals surface area contributed by atoms with E-state index < -0.39 is 5.82 Å². The molecule has 6 nitrogen and oxygen atoms in total. The van der Waals surface area contributed by atoms with Crippen molar-refractivity contribution in [3.8, 4) is 11.6 Å². The van der Waals surface area contributed by atoms with Gasteiger partial charge in [-0.3, -0.25) is 4.79 Å². The fourth-order valence-corrected chi connectivity index (χ4v) is 3.62. The maximum absolute atomic E-state index is 13.3. The number of anilines is 1. The van der Waals surface area contributed by atoms with Gasteiger partial charge < -0.3 is 14.5 Å². The normalized spacial score (nSPS) is 14.3. The van der Waals surface area contributed by atoms with Gasteiger partial charge in [0.05, 0.1) is 5.02 Å². The number of ether oxygens (including phenoxy) is 1. The van der Waals surface area contributed by atoms with Crippen molar-refractivity contribution in [3.63, 3.8) is 0 Å². The maximum Gasteiger partial charge on any atom is 0.253 e. The summed E-state index contributed by atoms with van der Waals surface area (Å²) in [5.74, 6) is 0.975. The van der Waals surface area contributed by atoms with Gasteiger partial charge in [0, 0.05) is 43.9 Å². The highest BCUT2D eigenvalue weighted by molar-refractivity contribution is 6.30. The van der Waals surface area contributed by atoms with Crippen molar-refractivity contribution in [1.29, 1.82) is 0 Å². The zero-order valence-corrected chi connectivity index (χ0v) is 17.8. The number of halogens is 2. The van der Waals surface area contributed by atoms with E-state index in [-0.39, 0.29) is 10.9 Å². The number of nitrogens with zero attached hydrogens (tertiary/aromatic N) is 4. The SMILES string of the molecule is Cc1ccc(C(=O)N2CCCN(c3cc(Oc4ccc(F)c(Cl)c4)ncn3)CC2)cc1. The second-order valence-corrected chi connectivity index (χ2v) is 7.80. The number of carbonyl (C=O) groups excluding carboxylic acids is 1. The molecule has 160 valence electrons. The number of amides is 1. The zero-order valence-electron chi connectivity index (χ0n) is 17.1. The largest absolute Gasteiger partial charge is 0.439 e. The van der Waals surface area contributed by atoms with E-state index >= 15 is 0 Å². The van der Waals surface area contributed by atoms with Crippen molar-refractivity contribution in [3.05, 3.63) is 76.8 Å². The third-order valence-electron chi connectivity index (χ3n) is 5.15. The zero-order chi connectivity index (χ0) is 21.8. The van der Waals surface area contributed by atoms with Crippen LogP contribution in [0.4, 0.5) is 10.2 Å². The smallest absolute Gasteiger partial charge is 0.253 e. The van der Waals surface area contributed by atoms with E-state index in [0.29, 0.717) is 42.6 Å². The summed E-state index contributed by atoms with van der Waals surface area (Å²) in [7, 11) is 0. The monoisotopic (exact) mass is 440 g/mol. The first-order chi connectivity index (χ1) is 15.0. The van der Waals surface area contributed by atoms with Crippen molar-refractivity contribution in [2.45, 2.75) is 13.3 Å². The van der Waals surface area contributed by atoms with Gasteiger partial charge in [0.25, 0.3) is 5.91 Å². The average molecular weight is 441 g/mol. The van der Waals surface area contributed by atoms with Crippen LogP contribution in [0.2, 0.25) is 5.02 Å². The second-order valence-electron chi connectivity index (χ2n) is 7.39. The number of carbonyl (C=O) groups is 1. The van der Waals surface area contributed by atoms with E-state index in [1.54, 1.807) is 6.07 Å². The summed E-state index contributed by atoms with van der Waals surface area (Å²) in [6.45, 7) is 4.70. The Morgan fingerprint density at radius 1 is 1.03 bits per heavy atom. The van der Waals surface area contributed by atoms with Crippen LogP contribution >= 0.6 is 11.6 Å². The average Bonchev–Trinajstić information content (AvgIpc) is 3.03. The van der Waals surface area contributed by atoms with E-state index in [4.69, 9.17) is 16.3 Å². The van der Waals surface area contributed by atoms with Crippen LogP contribution in [0.25, 0.3) is 0 Å². The molecule has 1 fully saturated rings. The summed E-state index contributed by atoms with van der Waals surface area (Å²) in [6.07, 6.45) is 2.25. The lowest BCUT2D eigenvalue weighted by Crippen LogP contribution is -2.35. The van der Waals surface area contributed by atoms with E-state index in [0.717, 1.165) is 18.5 Å². The van der Waals surface area contributed by atoms with Gasteiger partial charge in [-0.1, -0.05) is 29.3 Å². The standard InChI is InChI=1S/C23H22ClFN4O2/c1-16-3-5-17(6-4-16)23(30)29-10-2-9-28(11-12-29)21-14-22(27-15-26-21)31-18-7-8-20(25)19(24)13-18/h3-8,13-15H,2,9-12H2,1H3. The predicted octanol–water partition coefficient (Wildman–Crippen LogP) is 4.72. The van der Waals surface area contributed by atoms with Gasteiger partial charge >= 0.3 is 0 Å². The highest BCUT2D eigenvalue weighted by Crippen LogP contribution is 2.26. The number of benzene rings is 2. The Bertz CT molecular complexity index is 1080. The molecular weight excluding hydrogens is 419 g/mol. The quantitative estimate of drug-likeness (QED) is 0.587. The van der Waals surface area contributed by atoms with Crippen LogP contribution in [0.1, 0.15) is 22.3 Å². The molecule has 0 spiro atoms. The minimum Gasteiger partial charge on any atom is -0.439 e. The minimum absolute atomic E-state index is 0.0161. The Morgan fingerprint density at radius 3 is 2.61 bits per heavy atom.